The zero-order valence-electron chi connectivity index (χ0n) is 12.9. The minimum Gasteiger partial charge on any atom is -0.321 e. The van der Waals surface area contributed by atoms with Gasteiger partial charge in [-0.2, -0.15) is 9.78 Å². The van der Waals surface area contributed by atoms with E-state index in [4.69, 9.17) is 0 Å². The van der Waals surface area contributed by atoms with Crippen LogP contribution in [0.5, 0.6) is 0 Å². The normalized spacial score (nSPS) is 10.9. The monoisotopic (exact) mass is 318 g/mol. The summed E-state index contributed by atoms with van der Waals surface area (Å²) >= 11 is 0. The molecule has 0 spiro atoms. The Balaban J connectivity index is 1.95. The molecule has 0 saturated carbocycles. The second-order valence-electron chi connectivity index (χ2n) is 5.38. The molecular formula is C17H14N6O. The molecule has 3 heterocycles. The van der Waals surface area contributed by atoms with Crippen LogP contribution < -0.4 is 10.9 Å². The Morgan fingerprint density at radius 1 is 1.08 bits per heavy atom. The van der Waals surface area contributed by atoms with Crippen molar-refractivity contribution in [3.05, 3.63) is 70.9 Å². The number of hydrogen-bond acceptors (Lipinski definition) is 5. The molecule has 0 bridgehead atoms. The van der Waals surface area contributed by atoms with E-state index in [9.17, 15) is 4.79 Å². The number of benzene rings is 1. The lowest BCUT2D eigenvalue weighted by Crippen LogP contribution is -2.22. The zero-order valence-corrected chi connectivity index (χ0v) is 12.9. The summed E-state index contributed by atoms with van der Waals surface area (Å²) in [5, 5.41) is 16.0. The highest BCUT2D eigenvalue weighted by Gasteiger charge is 2.12. The molecular weight excluding hydrogens is 304 g/mol. The van der Waals surface area contributed by atoms with Gasteiger partial charge in [0.15, 0.2) is 11.6 Å². The third kappa shape index (κ3) is 2.41. The molecule has 118 valence electrons. The molecule has 7 nitrogen and oxygen atoms in total. The number of fused-ring (bicyclic) bond motifs is 1. The second kappa shape index (κ2) is 5.62. The Morgan fingerprint density at radius 3 is 2.54 bits per heavy atom. The molecule has 4 rings (SSSR count). The van der Waals surface area contributed by atoms with Crippen LogP contribution in [0.1, 0.15) is 5.69 Å². The molecule has 2 N–H and O–H groups in total. The first-order chi connectivity index (χ1) is 11.7. The maximum Gasteiger partial charge on any atom is 0.279 e. The van der Waals surface area contributed by atoms with Crippen molar-refractivity contribution in [2.75, 3.05) is 5.32 Å². The number of aromatic nitrogens is 5. The van der Waals surface area contributed by atoms with Crippen molar-refractivity contribution in [2.45, 2.75) is 6.92 Å². The van der Waals surface area contributed by atoms with E-state index >= 15 is 0 Å². The predicted octanol–water partition coefficient (Wildman–Crippen LogP) is 2.56. The van der Waals surface area contributed by atoms with Crippen LogP contribution in [-0.2, 0) is 0 Å². The summed E-state index contributed by atoms with van der Waals surface area (Å²) in [4.78, 5) is 16.8. The maximum absolute atomic E-state index is 12.8. The first-order valence-electron chi connectivity index (χ1n) is 7.44. The Hall–Kier alpha value is -3.48. The first-order valence-corrected chi connectivity index (χ1v) is 7.44. The highest BCUT2D eigenvalue weighted by molar-refractivity contribution is 5.92. The van der Waals surface area contributed by atoms with Crippen LogP contribution in [0.25, 0.3) is 16.5 Å². The smallest absolute Gasteiger partial charge is 0.279 e. The van der Waals surface area contributed by atoms with Gasteiger partial charge in [-0.3, -0.25) is 14.9 Å². The van der Waals surface area contributed by atoms with E-state index in [0.717, 1.165) is 11.1 Å². The summed E-state index contributed by atoms with van der Waals surface area (Å²) in [6, 6.07) is 12.7. The Labute approximate surface area is 137 Å². The van der Waals surface area contributed by atoms with E-state index in [0.29, 0.717) is 22.7 Å². The Bertz CT molecular complexity index is 1070. The minimum atomic E-state index is -0.180. The van der Waals surface area contributed by atoms with Crippen LogP contribution in [-0.4, -0.2) is 25.0 Å². The van der Waals surface area contributed by atoms with Crippen molar-refractivity contribution in [2.24, 2.45) is 0 Å². The van der Waals surface area contributed by atoms with E-state index in [1.807, 2.05) is 31.2 Å². The van der Waals surface area contributed by atoms with Crippen molar-refractivity contribution in [1.29, 1.82) is 0 Å². The third-order valence-corrected chi connectivity index (χ3v) is 3.66. The number of aromatic amines is 1. The minimum absolute atomic E-state index is 0.180. The van der Waals surface area contributed by atoms with Crippen molar-refractivity contribution in [1.82, 2.24) is 25.0 Å². The van der Waals surface area contributed by atoms with Gasteiger partial charge >= 0.3 is 0 Å². The highest BCUT2D eigenvalue weighted by Crippen LogP contribution is 2.22. The summed E-state index contributed by atoms with van der Waals surface area (Å²) in [6.07, 6.45) is 3.26. The molecule has 0 amide bonds. The van der Waals surface area contributed by atoms with Crippen LogP contribution in [0.4, 0.5) is 11.6 Å². The van der Waals surface area contributed by atoms with Crippen LogP contribution in [0.15, 0.2) is 59.7 Å². The molecule has 0 fully saturated rings. The summed E-state index contributed by atoms with van der Waals surface area (Å²) in [7, 11) is 0. The molecule has 0 aliphatic carbocycles. The third-order valence-electron chi connectivity index (χ3n) is 3.66. The molecule has 4 aromatic rings. The lowest BCUT2D eigenvalue weighted by molar-refractivity contribution is 0.824. The van der Waals surface area contributed by atoms with Crippen molar-refractivity contribution in [3.63, 3.8) is 0 Å². The average Bonchev–Trinajstić information content (AvgIpc) is 3.03. The van der Waals surface area contributed by atoms with Gasteiger partial charge in [-0.1, -0.05) is 18.2 Å². The first kappa shape index (κ1) is 14.1. The molecule has 1 aromatic carbocycles. The van der Waals surface area contributed by atoms with Gasteiger partial charge in [0.05, 0.1) is 11.1 Å². The van der Waals surface area contributed by atoms with E-state index in [1.54, 1.807) is 30.6 Å². The van der Waals surface area contributed by atoms with Crippen LogP contribution in [0.3, 0.4) is 0 Å². The fourth-order valence-electron chi connectivity index (χ4n) is 2.55. The van der Waals surface area contributed by atoms with Gasteiger partial charge in [0.1, 0.15) is 0 Å². The van der Waals surface area contributed by atoms with E-state index < -0.39 is 0 Å². The van der Waals surface area contributed by atoms with Gasteiger partial charge in [0.25, 0.3) is 5.56 Å². The number of hydrogen-bond donors (Lipinski definition) is 2. The number of pyridine rings is 1. The van der Waals surface area contributed by atoms with E-state index in [2.05, 4.69) is 25.6 Å². The molecule has 0 saturated heterocycles. The van der Waals surface area contributed by atoms with Gasteiger partial charge < -0.3 is 5.32 Å². The molecule has 7 heteroatoms. The summed E-state index contributed by atoms with van der Waals surface area (Å²) in [6.45, 7) is 1.92. The molecule has 0 aliphatic rings. The number of nitrogens with zero attached hydrogens (tertiary/aromatic N) is 4. The number of anilines is 2. The topological polar surface area (TPSA) is 88.5 Å². The number of nitrogens with one attached hydrogen (secondary N) is 2. The summed E-state index contributed by atoms with van der Waals surface area (Å²) in [5.41, 5.74) is 1.41. The molecule has 0 radical (unpaired) electrons. The molecule has 0 aliphatic heterocycles. The van der Waals surface area contributed by atoms with Crippen molar-refractivity contribution < 1.29 is 0 Å². The van der Waals surface area contributed by atoms with Crippen LogP contribution >= 0.6 is 0 Å². The fourth-order valence-corrected chi connectivity index (χ4v) is 2.55. The molecule has 24 heavy (non-hydrogen) atoms. The quantitative estimate of drug-likeness (QED) is 0.606. The van der Waals surface area contributed by atoms with E-state index in [1.165, 1.54) is 4.68 Å². The maximum atomic E-state index is 12.8. The second-order valence-corrected chi connectivity index (χ2v) is 5.38. The molecule has 0 unspecified atom stereocenters. The SMILES string of the molecule is Cc1cc(Nc2nn(-c3ccncc3)c(=O)c3ccccc23)n[nH]1. The van der Waals surface area contributed by atoms with Gasteiger partial charge in [-0.05, 0) is 25.1 Å². The van der Waals surface area contributed by atoms with Gasteiger partial charge in [0.2, 0.25) is 0 Å². The van der Waals surface area contributed by atoms with Gasteiger partial charge in [0, 0.05) is 29.5 Å². The fraction of sp³-hybridized carbons (Fsp3) is 0.0588. The molecule has 3 aromatic heterocycles. The number of H-pyrrole nitrogens is 1. The van der Waals surface area contributed by atoms with Crippen molar-refractivity contribution in [3.8, 4) is 5.69 Å². The van der Waals surface area contributed by atoms with Crippen LogP contribution in [0.2, 0.25) is 0 Å². The van der Waals surface area contributed by atoms with Gasteiger partial charge in [-0.15, -0.1) is 5.10 Å². The van der Waals surface area contributed by atoms with Gasteiger partial charge in [-0.25, -0.2) is 0 Å². The Kier molecular flexibility index (Phi) is 3.31. The average molecular weight is 318 g/mol. The highest BCUT2D eigenvalue weighted by atomic mass is 16.1. The number of aryl methyl sites for hydroxylation is 1. The lowest BCUT2D eigenvalue weighted by atomic mass is 10.2. The largest absolute Gasteiger partial charge is 0.321 e. The lowest BCUT2D eigenvalue weighted by Gasteiger charge is -2.11. The van der Waals surface area contributed by atoms with Crippen molar-refractivity contribution >= 4 is 22.4 Å². The Morgan fingerprint density at radius 2 is 1.83 bits per heavy atom. The summed E-state index contributed by atoms with van der Waals surface area (Å²) < 4.78 is 1.37. The van der Waals surface area contributed by atoms with E-state index in [-0.39, 0.29) is 5.56 Å². The summed E-state index contributed by atoms with van der Waals surface area (Å²) in [5.74, 6) is 1.21. The number of rotatable bonds is 3. The standard InChI is InChI=1S/C17H14N6O/c1-11-10-15(21-20-11)19-16-13-4-2-3-5-14(13)17(24)23(22-16)12-6-8-18-9-7-12/h2-10H,1H3,(H2,19,20,21,22). The predicted molar refractivity (Wildman–Crippen MR) is 91.7 cm³/mol. The van der Waals surface area contributed by atoms with Crippen LogP contribution in [0, 0.1) is 6.92 Å². The molecule has 0 atom stereocenters. The zero-order chi connectivity index (χ0) is 16.5.